The highest BCUT2D eigenvalue weighted by Gasteiger charge is 2.06. The van der Waals surface area contributed by atoms with Gasteiger partial charge in [-0.2, -0.15) is 5.26 Å². The molecule has 0 fully saturated rings. The van der Waals surface area contributed by atoms with E-state index in [-0.39, 0.29) is 6.54 Å². The fraction of sp³-hybridized carbons (Fsp3) is 0.250. The van der Waals surface area contributed by atoms with E-state index in [0.717, 1.165) is 11.3 Å². The zero-order valence-electron chi connectivity index (χ0n) is 9.31. The maximum absolute atomic E-state index is 8.67. The third kappa shape index (κ3) is 1.80. The minimum atomic E-state index is 0.224. The summed E-state index contributed by atoms with van der Waals surface area (Å²) in [5, 5.41) is 16.4. The molecule has 0 bridgehead atoms. The Kier molecular flexibility index (Phi) is 2.69. The average molecular weight is 212 g/mol. The molecule has 2 aromatic rings. The molecule has 0 radical (unpaired) electrons. The van der Waals surface area contributed by atoms with Crippen LogP contribution in [0.15, 0.2) is 24.4 Å². The van der Waals surface area contributed by atoms with E-state index in [1.165, 1.54) is 11.1 Å². The second-order valence-electron chi connectivity index (χ2n) is 3.73. The van der Waals surface area contributed by atoms with E-state index in [1.54, 1.807) is 10.9 Å². The summed E-state index contributed by atoms with van der Waals surface area (Å²) < 4.78 is 1.60. The first-order valence-corrected chi connectivity index (χ1v) is 5.05. The van der Waals surface area contributed by atoms with E-state index in [4.69, 9.17) is 5.26 Å². The van der Waals surface area contributed by atoms with Crippen LogP contribution < -0.4 is 0 Å². The van der Waals surface area contributed by atoms with E-state index < -0.39 is 0 Å². The van der Waals surface area contributed by atoms with Gasteiger partial charge in [-0.1, -0.05) is 17.3 Å². The van der Waals surface area contributed by atoms with E-state index in [9.17, 15) is 0 Å². The SMILES string of the molecule is Cc1ccc(-c2cnnn2CC#N)cc1C. The molecular formula is C12H12N4. The Hall–Kier alpha value is -2.15. The molecule has 0 amide bonds. The van der Waals surface area contributed by atoms with E-state index in [1.807, 2.05) is 6.07 Å². The van der Waals surface area contributed by atoms with Gasteiger partial charge in [0.15, 0.2) is 0 Å². The Morgan fingerprint density at radius 1 is 1.31 bits per heavy atom. The van der Waals surface area contributed by atoms with Gasteiger partial charge in [-0.3, -0.25) is 0 Å². The first-order chi connectivity index (χ1) is 7.72. The van der Waals surface area contributed by atoms with Gasteiger partial charge in [0, 0.05) is 5.56 Å². The molecule has 0 spiro atoms. The van der Waals surface area contributed by atoms with Crippen molar-refractivity contribution >= 4 is 0 Å². The van der Waals surface area contributed by atoms with Crippen molar-refractivity contribution < 1.29 is 0 Å². The summed E-state index contributed by atoms with van der Waals surface area (Å²) in [5.41, 5.74) is 4.40. The van der Waals surface area contributed by atoms with E-state index >= 15 is 0 Å². The lowest BCUT2D eigenvalue weighted by atomic mass is 10.0. The molecule has 0 aliphatic carbocycles. The molecule has 1 heterocycles. The summed E-state index contributed by atoms with van der Waals surface area (Å²) in [5.74, 6) is 0. The summed E-state index contributed by atoms with van der Waals surface area (Å²) in [6, 6.07) is 8.24. The molecule has 0 unspecified atom stereocenters. The maximum atomic E-state index is 8.67. The molecule has 4 nitrogen and oxygen atoms in total. The Morgan fingerprint density at radius 3 is 2.81 bits per heavy atom. The van der Waals surface area contributed by atoms with Crippen molar-refractivity contribution in [3.05, 3.63) is 35.5 Å². The smallest absolute Gasteiger partial charge is 0.130 e. The van der Waals surface area contributed by atoms with Gasteiger partial charge in [0.25, 0.3) is 0 Å². The van der Waals surface area contributed by atoms with Crippen LogP contribution in [0.25, 0.3) is 11.3 Å². The van der Waals surface area contributed by atoms with Crippen molar-refractivity contribution in [2.45, 2.75) is 20.4 Å². The summed E-state index contributed by atoms with van der Waals surface area (Å²) in [6.07, 6.45) is 1.68. The van der Waals surface area contributed by atoms with Gasteiger partial charge in [0.2, 0.25) is 0 Å². The Labute approximate surface area is 94.1 Å². The molecule has 4 heteroatoms. The number of aryl methyl sites for hydroxylation is 2. The molecule has 0 saturated carbocycles. The van der Waals surface area contributed by atoms with Crippen LogP contribution in [0, 0.1) is 25.2 Å². The highest BCUT2D eigenvalue weighted by Crippen LogP contribution is 2.20. The standard InChI is InChI=1S/C12H12N4/c1-9-3-4-11(7-10(9)2)12-8-14-15-16(12)6-5-13/h3-4,7-8H,6H2,1-2H3. The van der Waals surface area contributed by atoms with Crippen molar-refractivity contribution in [1.82, 2.24) is 15.0 Å². The minimum absolute atomic E-state index is 0.224. The lowest BCUT2D eigenvalue weighted by molar-refractivity contribution is 0.674. The van der Waals surface area contributed by atoms with Crippen LogP contribution in [0.1, 0.15) is 11.1 Å². The predicted molar refractivity (Wildman–Crippen MR) is 60.5 cm³/mol. The van der Waals surface area contributed by atoms with Crippen molar-refractivity contribution in [3.8, 4) is 17.3 Å². The topological polar surface area (TPSA) is 54.5 Å². The van der Waals surface area contributed by atoms with Gasteiger partial charge >= 0.3 is 0 Å². The summed E-state index contributed by atoms with van der Waals surface area (Å²) in [6.45, 7) is 4.36. The number of benzene rings is 1. The fourth-order valence-electron chi connectivity index (χ4n) is 1.57. The van der Waals surface area contributed by atoms with Crippen LogP contribution in [0.2, 0.25) is 0 Å². The number of nitriles is 1. The van der Waals surface area contributed by atoms with Gasteiger partial charge in [0.05, 0.1) is 18.0 Å². The predicted octanol–water partition coefficient (Wildman–Crippen LogP) is 2.09. The maximum Gasteiger partial charge on any atom is 0.130 e. The number of nitrogens with zero attached hydrogens (tertiary/aromatic N) is 4. The van der Waals surface area contributed by atoms with Gasteiger partial charge < -0.3 is 0 Å². The second kappa shape index (κ2) is 4.15. The molecule has 80 valence electrons. The van der Waals surface area contributed by atoms with E-state index in [0.29, 0.717) is 0 Å². The average Bonchev–Trinajstić information content (AvgIpc) is 2.71. The van der Waals surface area contributed by atoms with Crippen LogP contribution >= 0.6 is 0 Å². The molecule has 0 N–H and O–H groups in total. The Balaban J connectivity index is 2.47. The number of rotatable bonds is 2. The normalized spacial score (nSPS) is 10.1. The largest absolute Gasteiger partial charge is 0.231 e. The fourth-order valence-corrected chi connectivity index (χ4v) is 1.57. The lowest BCUT2D eigenvalue weighted by Gasteiger charge is -2.05. The van der Waals surface area contributed by atoms with Crippen molar-refractivity contribution in [1.29, 1.82) is 5.26 Å². The molecule has 0 saturated heterocycles. The van der Waals surface area contributed by atoms with Gasteiger partial charge in [-0.15, -0.1) is 5.10 Å². The monoisotopic (exact) mass is 212 g/mol. The molecule has 0 aliphatic rings. The van der Waals surface area contributed by atoms with Gasteiger partial charge in [-0.25, -0.2) is 4.68 Å². The number of hydrogen-bond donors (Lipinski definition) is 0. The Bertz CT molecular complexity index is 548. The molecule has 2 rings (SSSR count). The van der Waals surface area contributed by atoms with Crippen LogP contribution in [-0.2, 0) is 6.54 Å². The highest BCUT2D eigenvalue weighted by molar-refractivity contribution is 5.60. The zero-order valence-corrected chi connectivity index (χ0v) is 9.31. The van der Waals surface area contributed by atoms with Gasteiger partial charge in [0.1, 0.15) is 6.54 Å². The van der Waals surface area contributed by atoms with Crippen molar-refractivity contribution in [3.63, 3.8) is 0 Å². The molecule has 1 aromatic carbocycles. The summed E-state index contributed by atoms with van der Waals surface area (Å²) >= 11 is 0. The molecule has 1 aromatic heterocycles. The minimum Gasteiger partial charge on any atom is -0.231 e. The van der Waals surface area contributed by atoms with Crippen molar-refractivity contribution in [2.75, 3.05) is 0 Å². The highest BCUT2D eigenvalue weighted by atomic mass is 15.4. The quantitative estimate of drug-likeness (QED) is 0.765. The first-order valence-electron chi connectivity index (χ1n) is 5.05. The second-order valence-corrected chi connectivity index (χ2v) is 3.73. The number of aromatic nitrogens is 3. The van der Waals surface area contributed by atoms with Gasteiger partial charge in [-0.05, 0) is 31.0 Å². The number of hydrogen-bond acceptors (Lipinski definition) is 3. The summed E-state index contributed by atoms with van der Waals surface area (Å²) in [7, 11) is 0. The zero-order chi connectivity index (χ0) is 11.5. The Morgan fingerprint density at radius 2 is 2.12 bits per heavy atom. The molecule has 0 aliphatic heterocycles. The third-order valence-corrected chi connectivity index (χ3v) is 2.64. The van der Waals surface area contributed by atoms with Crippen LogP contribution in [0.3, 0.4) is 0 Å². The third-order valence-electron chi connectivity index (χ3n) is 2.64. The first kappa shape index (κ1) is 10.4. The van der Waals surface area contributed by atoms with Crippen LogP contribution in [0.4, 0.5) is 0 Å². The van der Waals surface area contributed by atoms with E-state index in [2.05, 4.69) is 42.4 Å². The molecule has 16 heavy (non-hydrogen) atoms. The molecule has 0 atom stereocenters. The molecular weight excluding hydrogens is 200 g/mol. The summed E-state index contributed by atoms with van der Waals surface area (Å²) in [4.78, 5) is 0. The lowest BCUT2D eigenvalue weighted by Crippen LogP contribution is -2.00. The van der Waals surface area contributed by atoms with Crippen molar-refractivity contribution in [2.24, 2.45) is 0 Å². The van der Waals surface area contributed by atoms with Crippen LogP contribution in [0.5, 0.6) is 0 Å². The van der Waals surface area contributed by atoms with Crippen LogP contribution in [-0.4, -0.2) is 15.0 Å².